The van der Waals surface area contributed by atoms with Crippen LogP contribution in [0.15, 0.2) is 67.0 Å². The van der Waals surface area contributed by atoms with Crippen LogP contribution in [0.25, 0.3) is 11.3 Å². The summed E-state index contributed by atoms with van der Waals surface area (Å²) >= 11 is 0. The van der Waals surface area contributed by atoms with Crippen LogP contribution >= 0.6 is 0 Å². The minimum Gasteiger partial charge on any atom is -0.489 e. The number of aromatic nitrogens is 2. The Hall–Kier alpha value is -3.42. The average Bonchev–Trinajstić information content (AvgIpc) is 3.19. The number of hydrogen-bond donors (Lipinski definition) is 0. The van der Waals surface area contributed by atoms with Crippen LogP contribution in [0.1, 0.15) is 16.8 Å². The lowest BCUT2D eigenvalue weighted by Crippen LogP contribution is -2.37. The number of nitrogens with zero attached hydrogens (tertiary/aromatic N) is 4. The molecule has 0 saturated carbocycles. The van der Waals surface area contributed by atoms with Gasteiger partial charge in [-0.3, -0.25) is 0 Å². The van der Waals surface area contributed by atoms with Crippen LogP contribution in [0.5, 0.6) is 5.75 Å². The molecule has 3 aliphatic rings. The lowest BCUT2D eigenvalue weighted by molar-refractivity contribution is -0.137. The van der Waals surface area contributed by atoms with Gasteiger partial charge in [-0.15, -0.1) is 0 Å². The number of ether oxygens (including phenoxy) is 1. The maximum atomic E-state index is 13.2. The summed E-state index contributed by atoms with van der Waals surface area (Å²) in [5.74, 6) is 0.498. The van der Waals surface area contributed by atoms with Crippen molar-refractivity contribution in [2.24, 2.45) is 0 Å². The third-order valence-corrected chi connectivity index (χ3v) is 5.59. The van der Waals surface area contributed by atoms with Crippen molar-refractivity contribution in [3.63, 3.8) is 0 Å². The van der Waals surface area contributed by atoms with Crippen LogP contribution in [0.3, 0.4) is 0 Å². The second-order valence-electron chi connectivity index (χ2n) is 7.78. The van der Waals surface area contributed by atoms with E-state index in [1.807, 2.05) is 35.9 Å². The topological polar surface area (TPSA) is 33.5 Å². The molecular formula is C23H21F3N4O. The molecule has 160 valence electrons. The van der Waals surface area contributed by atoms with Crippen molar-refractivity contribution >= 4 is 11.3 Å². The first-order chi connectivity index (χ1) is 14.9. The Balaban J connectivity index is 1.35. The van der Waals surface area contributed by atoms with Crippen molar-refractivity contribution in [2.45, 2.75) is 13.1 Å². The van der Waals surface area contributed by atoms with E-state index < -0.39 is 11.7 Å². The van der Waals surface area contributed by atoms with E-state index in [1.54, 1.807) is 6.33 Å². The van der Waals surface area contributed by atoms with Crippen LogP contribution in [0, 0.1) is 6.92 Å². The first-order valence-corrected chi connectivity index (χ1v) is 10.0. The van der Waals surface area contributed by atoms with Gasteiger partial charge in [0, 0.05) is 43.8 Å². The smallest absolute Gasteiger partial charge is 0.416 e. The fourth-order valence-electron chi connectivity index (χ4n) is 3.98. The van der Waals surface area contributed by atoms with Crippen LogP contribution in [0.4, 0.5) is 13.2 Å². The molecule has 4 heterocycles. The van der Waals surface area contributed by atoms with Crippen LogP contribution < -0.4 is 4.74 Å². The molecule has 0 fully saturated rings. The summed E-state index contributed by atoms with van der Waals surface area (Å²) in [4.78, 5) is 8.58. The zero-order chi connectivity index (χ0) is 21.6. The van der Waals surface area contributed by atoms with E-state index in [0.29, 0.717) is 24.5 Å². The van der Waals surface area contributed by atoms with E-state index in [1.165, 1.54) is 12.1 Å². The van der Waals surface area contributed by atoms with Gasteiger partial charge < -0.3 is 19.1 Å². The summed E-state index contributed by atoms with van der Waals surface area (Å²) in [6.45, 7) is 4.39. The average molecular weight is 426 g/mol. The highest BCUT2D eigenvalue weighted by molar-refractivity contribution is 5.74. The SMILES string of the molecule is Cc1cn(C2=CN3CCN(CC4=CCOc5ccc(C(F)(F)F)cc54)C=C3C=C2)cn1. The lowest BCUT2D eigenvalue weighted by Gasteiger charge is -2.36. The lowest BCUT2D eigenvalue weighted by atomic mass is 9.99. The van der Waals surface area contributed by atoms with Gasteiger partial charge in [-0.2, -0.15) is 13.2 Å². The van der Waals surface area contributed by atoms with Gasteiger partial charge in [0.1, 0.15) is 12.4 Å². The van der Waals surface area contributed by atoms with E-state index in [0.717, 1.165) is 41.8 Å². The molecule has 0 amide bonds. The molecule has 1 aromatic carbocycles. The Labute approximate surface area is 178 Å². The Morgan fingerprint density at radius 3 is 2.71 bits per heavy atom. The quantitative estimate of drug-likeness (QED) is 0.723. The Morgan fingerprint density at radius 1 is 1.10 bits per heavy atom. The third kappa shape index (κ3) is 3.85. The molecule has 1 aromatic heterocycles. The number of fused-ring (bicyclic) bond motifs is 2. The minimum atomic E-state index is -4.38. The summed E-state index contributed by atoms with van der Waals surface area (Å²) in [5, 5.41) is 0. The van der Waals surface area contributed by atoms with Crippen molar-refractivity contribution in [3.05, 3.63) is 83.9 Å². The summed E-state index contributed by atoms with van der Waals surface area (Å²) in [6.07, 6.45) is 9.47. The molecule has 31 heavy (non-hydrogen) atoms. The van der Waals surface area contributed by atoms with Crippen LogP contribution in [-0.4, -0.2) is 45.6 Å². The summed E-state index contributed by atoms with van der Waals surface area (Å²) in [6, 6.07) is 3.67. The van der Waals surface area contributed by atoms with Gasteiger partial charge in [0.05, 0.1) is 29.0 Å². The zero-order valence-electron chi connectivity index (χ0n) is 16.9. The van der Waals surface area contributed by atoms with Crippen LogP contribution in [-0.2, 0) is 6.18 Å². The molecule has 2 aromatic rings. The molecule has 3 aliphatic heterocycles. The Bertz CT molecular complexity index is 1140. The van der Waals surface area contributed by atoms with Crippen molar-refractivity contribution < 1.29 is 17.9 Å². The number of allylic oxidation sites excluding steroid dienone is 3. The first kappa shape index (κ1) is 19.5. The number of imidazole rings is 1. The fraction of sp³-hybridized carbons (Fsp3) is 0.261. The van der Waals surface area contributed by atoms with Crippen molar-refractivity contribution in [3.8, 4) is 5.75 Å². The number of alkyl halides is 3. The highest BCUT2D eigenvalue weighted by atomic mass is 19.4. The Kier molecular flexibility index (Phi) is 4.64. The Morgan fingerprint density at radius 2 is 1.94 bits per heavy atom. The highest BCUT2D eigenvalue weighted by Gasteiger charge is 2.32. The van der Waals surface area contributed by atoms with E-state index in [4.69, 9.17) is 4.74 Å². The summed E-state index contributed by atoms with van der Waals surface area (Å²) in [7, 11) is 0. The van der Waals surface area contributed by atoms with Gasteiger partial charge in [0.15, 0.2) is 0 Å². The second kappa shape index (κ2) is 7.37. The second-order valence-corrected chi connectivity index (χ2v) is 7.78. The van der Waals surface area contributed by atoms with E-state index in [9.17, 15) is 13.2 Å². The van der Waals surface area contributed by atoms with Crippen LogP contribution in [0.2, 0.25) is 0 Å². The van der Waals surface area contributed by atoms with Gasteiger partial charge in [0.2, 0.25) is 0 Å². The number of hydrogen-bond acceptors (Lipinski definition) is 4. The predicted molar refractivity (Wildman–Crippen MR) is 112 cm³/mol. The molecule has 0 aliphatic carbocycles. The molecule has 0 bridgehead atoms. The maximum absolute atomic E-state index is 13.2. The fourth-order valence-corrected chi connectivity index (χ4v) is 3.98. The minimum absolute atomic E-state index is 0.362. The molecule has 0 N–H and O–H groups in total. The number of aryl methyl sites for hydroxylation is 1. The van der Waals surface area contributed by atoms with E-state index >= 15 is 0 Å². The molecule has 8 heteroatoms. The molecule has 5 rings (SSSR count). The number of benzene rings is 1. The number of halogens is 3. The van der Waals surface area contributed by atoms with Gasteiger partial charge in [0.25, 0.3) is 0 Å². The summed E-state index contributed by atoms with van der Waals surface area (Å²) in [5.41, 5.74) is 3.74. The van der Waals surface area contributed by atoms with Crippen molar-refractivity contribution in [1.82, 2.24) is 19.4 Å². The predicted octanol–water partition coefficient (Wildman–Crippen LogP) is 4.51. The van der Waals surface area contributed by atoms with Crippen molar-refractivity contribution in [1.29, 1.82) is 0 Å². The maximum Gasteiger partial charge on any atom is 0.416 e. The number of rotatable bonds is 3. The largest absolute Gasteiger partial charge is 0.489 e. The molecule has 5 nitrogen and oxygen atoms in total. The zero-order valence-corrected chi connectivity index (χ0v) is 16.9. The van der Waals surface area contributed by atoms with E-state index in [2.05, 4.69) is 27.2 Å². The molecule has 0 radical (unpaired) electrons. The van der Waals surface area contributed by atoms with Gasteiger partial charge in [-0.05, 0) is 48.9 Å². The van der Waals surface area contributed by atoms with Crippen molar-refractivity contribution in [2.75, 3.05) is 26.2 Å². The monoisotopic (exact) mass is 426 g/mol. The molecule has 0 spiro atoms. The van der Waals surface area contributed by atoms with Gasteiger partial charge in [-0.25, -0.2) is 4.98 Å². The van der Waals surface area contributed by atoms with Gasteiger partial charge >= 0.3 is 6.18 Å². The van der Waals surface area contributed by atoms with E-state index in [-0.39, 0.29) is 0 Å². The standard InChI is InChI=1S/C23H21F3N4O/c1-16-11-30(15-27-16)20-4-3-19-13-28(7-8-29(19)14-20)12-17-6-9-31-22-5-2-18(10-21(17)22)23(24,25)26/h2-6,10-11,13-15H,7-9,12H2,1H3. The molecule has 0 unspecified atom stereocenters. The first-order valence-electron chi connectivity index (χ1n) is 10.0. The van der Waals surface area contributed by atoms with Gasteiger partial charge in [-0.1, -0.05) is 0 Å². The highest BCUT2D eigenvalue weighted by Crippen LogP contribution is 2.37. The molecular weight excluding hydrogens is 405 g/mol. The molecule has 0 saturated heterocycles. The third-order valence-electron chi connectivity index (χ3n) is 5.59. The normalized spacial score (nSPS) is 18.0. The summed E-state index contributed by atoms with van der Waals surface area (Å²) < 4.78 is 47.1. The molecule has 0 atom stereocenters.